The van der Waals surface area contributed by atoms with Crippen LogP contribution in [0, 0.1) is 6.92 Å². The van der Waals surface area contributed by atoms with Gasteiger partial charge in [-0.15, -0.1) is 0 Å². The Bertz CT molecular complexity index is 465. The van der Waals surface area contributed by atoms with Crippen LogP contribution in [0.3, 0.4) is 0 Å². The lowest BCUT2D eigenvalue weighted by Gasteiger charge is -1.99. The summed E-state index contributed by atoms with van der Waals surface area (Å²) in [5, 5.41) is 7.81. The zero-order valence-corrected chi connectivity index (χ0v) is 9.85. The van der Waals surface area contributed by atoms with Gasteiger partial charge in [0.25, 0.3) is 0 Å². The fourth-order valence-electron chi connectivity index (χ4n) is 1.25. The van der Waals surface area contributed by atoms with Crippen LogP contribution < -0.4 is 0 Å². The lowest BCUT2D eigenvalue weighted by molar-refractivity contribution is 1.05. The van der Waals surface area contributed by atoms with E-state index in [1.54, 1.807) is 0 Å². The van der Waals surface area contributed by atoms with Crippen LogP contribution in [-0.4, -0.2) is 10.2 Å². The predicted octanol–water partition coefficient (Wildman–Crippen LogP) is 3.80. The van der Waals surface area contributed by atoms with Gasteiger partial charge in [-0.2, -0.15) is 5.10 Å². The van der Waals surface area contributed by atoms with E-state index < -0.39 is 0 Å². The Balaban J connectivity index is 2.60. The largest absolute Gasteiger partial charge is 0.281 e. The van der Waals surface area contributed by atoms with Crippen LogP contribution in [0.15, 0.2) is 28.7 Å². The number of aryl methyl sites for hydroxylation is 1. The highest BCUT2D eigenvalue weighted by Gasteiger charge is 2.11. The third kappa shape index (κ3) is 1.57. The van der Waals surface area contributed by atoms with Crippen LogP contribution in [0.4, 0.5) is 0 Å². The Labute approximate surface area is 95.4 Å². The summed E-state index contributed by atoms with van der Waals surface area (Å²) in [6.07, 6.45) is 0. The van der Waals surface area contributed by atoms with Gasteiger partial charge in [-0.25, -0.2) is 0 Å². The number of hydrogen-bond acceptors (Lipinski definition) is 1. The van der Waals surface area contributed by atoms with E-state index in [-0.39, 0.29) is 0 Å². The number of nitrogens with zero attached hydrogens (tertiary/aromatic N) is 1. The second-order valence-electron chi connectivity index (χ2n) is 2.99. The van der Waals surface area contributed by atoms with Crippen molar-refractivity contribution in [2.75, 3.05) is 0 Å². The molecule has 0 aliphatic heterocycles. The van der Waals surface area contributed by atoms with E-state index in [1.807, 2.05) is 31.2 Å². The Kier molecular flexibility index (Phi) is 2.61. The summed E-state index contributed by atoms with van der Waals surface area (Å²) in [6, 6.07) is 7.65. The van der Waals surface area contributed by atoms with Crippen molar-refractivity contribution >= 4 is 27.5 Å². The van der Waals surface area contributed by atoms with Gasteiger partial charge < -0.3 is 0 Å². The third-order valence-electron chi connectivity index (χ3n) is 2.00. The van der Waals surface area contributed by atoms with Gasteiger partial charge in [-0.1, -0.05) is 29.8 Å². The first-order valence-corrected chi connectivity index (χ1v) is 5.32. The van der Waals surface area contributed by atoms with Crippen molar-refractivity contribution in [2.45, 2.75) is 6.92 Å². The van der Waals surface area contributed by atoms with Gasteiger partial charge in [0, 0.05) is 11.3 Å². The lowest BCUT2D eigenvalue weighted by Crippen LogP contribution is -1.80. The van der Waals surface area contributed by atoms with Gasteiger partial charge >= 0.3 is 0 Å². The Morgan fingerprint density at radius 1 is 1.36 bits per heavy atom. The molecule has 0 atom stereocenters. The normalized spacial score (nSPS) is 10.5. The number of hydrogen-bond donors (Lipinski definition) is 1. The van der Waals surface area contributed by atoms with Crippen LogP contribution in [0.2, 0.25) is 5.02 Å². The summed E-state index contributed by atoms with van der Waals surface area (Å²) in [5.74, 6) is 0. The molecule has 0 radical (unpaired) electrons. The molecule has 1 heterocycles. The zero-order chi connectivity index (χ0) is 10.1. The number of H-pyrrole nitrogens is 1. The van der Waals surface area contributed by atoms with Crippen molar-refractivity contribution in [3.63, 3.8) is 0 Å². The average molecular weight is 272 g/mol. The summed E-state index contributed by atoms with van der Waals surface area (Å²) >= 11 is 9.53. The number of nitrogens with one attached hydrogen (secondary N) is 1. The van der Waals surface area contributed by atoms with Crippen molar-refractivity contribution < 1.29 is 0 Å². The quantitative estimate of drug-likeness (QED) is 0.839. The van der Waals surface area contributed by atoms with Crippen molar-refractivity contribution in [3.05, 3.63) is 39.5 Å². The van der Waals surface area contributed by atoms with Crippen LogP contribution in [0.25, 0.3) is 11.3 Å². The molecule has 1 aromatic carbocycles. The maximum Gasteiger partial charge on any atom is 0.108 e. The first kappa shape index (κ1) is 9.74. The van der Waals surface area contributed by atoms with Crippen LogP contribution in [0.5, 0.6) is 0 Å². The van der Waals surface area contributed by atoms with Gasteiger partial charge in [0.2, 0.25) is 0 Å². The minimum Gasteiger partial charge on any atom is -0.281 e. The molecule has 14 heavy (non-hydrogen) atoms. The molecule has 2 rings (SSSR count). The highest BCUT2D eigenvalue weighted by molar-refractivity contribution is 9.10. The van der Waals surface area contributed by atoms with Gasteiger partial charge in [0.1, 0.15) is 5.69 Å². The molecular weight excluding hydrogens is 263 g/mol. The maximum absolute atomic E-state index is 6.07. The predicted molar refractivity (Wildman–Crippen MR) is 61.5 cm³/mol. The maximum atomic E-state index is 6.07. The third-order valence-corrected chi connectivity index (χ3v) is 3.30. The molecule has 4 heteroatoms. The molecule has 0 bridgehead atoms. The first-order valence-electron chi connectivity index (χ1n) is 4.15. The van der Waals surface area contributed by atoms with E-state index in [9.17, 15) is 0 Å². The standard InChI is InChI=1S/C10H8BrClN2/c1-6-9(11)10(14-13-6)7-4-2-3-5-8(7)12/h2-5H,1H3,(H,13,14). The highest BCUT2D eigenvalue weighted by Crippen LogP contribution is 2.32. The summed E-state index contributed by atoms with van der Waals surface area (Å²) in [4.78, 5) is 0. The molecule has 1 aromatic heterocycles. The SMILES string of the molecule is Cc1[nH]nc(-c2ccccc2Cl)c1Br. The Morgan fingerprint density at radius 3 is 2.64 bits per heavy atom. The van der Waals surface area contributed by atoms with Gasteiger partial charge in [-0.3, -0.25) is 5.10 Å². The van der Waals surface area contributed by atoms with Gasteiger partial charge in [0.15, 0.2) is 0 Å². The van der Waals surface area contributed by atoms with E-state index in [2.05, 4.69) is 26.1 Å². The molecule has 0 amide bonds. The molecule has 2 aromatic rings. The van der Waals surface area contributed by atoms with Crippen molar-refractivity contribution in [2.24, 2.45) is 0 Å². The minimum atomic E-state index is 0.708. The van der Waals surface area contributed by atoms with Crippen molar-refractivity contribution in [1.29, 1.82) is 0 Å². The topological polar surface area (TPSA) is 28.7 Å². The summed E-state index contributed by atoms with van der Waals surface area (Å²) in [5.41, 5.74) is 2.79. The number of benzene rings is 1. The van der Waals surface area contributed by atoms with Crippen LogP contribution >= 0.6 is 27.5 Å². The Hall–Kier alpha value is -0.800. The van der Waals surface area contributed by atoms with E-state index in [0.29, 0.717) is 5.02 Å². The molecule has 0 fully saturated rings. The smallest absolute Gasteiger partial charge is 0.108 e. The first-order chi connectivity index (χ1) is 6.70. The second-order valence-corrected chi connectivity index (χ2v) is 4.19. The molecule has 0 spiro atoms. The summed E-state index contributed by atoms with van der Waals surface area (Å²) in [7, 11) is 0. The monoisotopic (exact) mass is 270 g/mol. The van der Waals surface area contributed by atoms with Gasteiger partial charge in [0.05, 0.1) is 9.50 Å². The average Bonchev–Trinajstić information content (AvgIpc) is 2.49. The zero-order valence-electron chi connectivity index (χ0n) is 7.51. The fourth-order valence-corrected chi connectivity index (χ4v) is 1.86. The number of halogens is 2. The van der Waals surface area contributed by atoms with Crippen molar-refractivity contribution in [3.8, 4) is 11.3 Å². The second kappa shape index (κ2) is 3.75. The molecule has 0 aliphatic carbocycles. The lowest BCUT2D eigenvalue weighted by atomic mass is 10.1. The van der Waals surface area contributed by atoms with Gasteiger partial charge in [-0.05, 0) is 28.9 Å². The van der Waals surface area contributed by atoms with Crippen molar-refractivity contribution in [1.82, 2.24) is 10.2 Å². The van der Waals surface area contributed by atoms with E-state index in [4.69, 9.17) is 11.6 Å². The molecule has 0 saturated carbocycles. The number of aromatic nitrogens is 2. The highest BCUT2D eigenvalue weighted by atomic mass is 79.9. The molecule has 0 unspecified atom stereocenters. The fraction of sp³-hybridized carbons (Fsp3) is 0.100. The van der Waals surface area contributed by atoms with E-state index >= 15 is 0 Å². The summed E-state index contributed by atoms with van der Waals surface area (Å²) < 4.78 is 0.964. The molecule has 1 N–H and O–H groups in total. The Morgan fingerprint density at radius 2 is 2.07 bits per heavy atom. The van der Waals surface area contributed by atoms with Crippen LogP contribution in [-0.2, 0) is 0 Å². The summed E-state index contributed by atoms with van der Waals surface area (Å²) in [6.45, 7) is 1.96. The van der Waals surface area contributed by atoms with E-state index in [1.165, 1.54) is 0 Å². The number of rotatable bonds is 1. The molecular formula is C10H8BrClN2. The van der Waals surface area contributed by atoms with Crippen LogP contribution in [0.1, 0.15) is 5.69 Å². The minimum absolute atomic E-state index is 0.708. The molecule has 2 nitrogen and oxygen atoms in total. The van der Waals surface area contributed by atoms with E-state index in [0.717, 1.165) is 21.4 Å². The molecule has 0 saturated heterocycles. The molecule has 0 aliphatic rings. The molecule has 72 valence electrons. The number of aromatic amines is 1.